The molecule has 2 N–H and O–H groups in total. The van der Waals surface area contributed by atoms with Gasteiger partial charge in [-0.3, -0.25) is 9.69 Å². The van der Waals surface area contributed by atoms with E-state index >= 15 is 0 Å². The molecule has 1 saturated heterocycles. The molecule has 0 aromatic heterocycles. The lowest BCUT2D eigenvalue weighted by atomic mass is 9.82. The van der Waals surface area contributed by atoms with Gasteiger partial charge in [-0.05, 0) is 59.8 Å². The van der Waals surface area contributed by atoms with E-state index < -0.39 is 17.2 Å². The fourth-order valence-corrected chi connectivity index (χ4v) is 4.31. The summed E-state index contributed by atoms with van der Waals surface area (Å²) in [6, 6.07) is 2.30. The van der Waals surface area contributed by atoms with Gasteiger partial charge in [-0.2, -0.15) is 5.26 Å². The average Bonchev–Trinajstić information content (AvgIpc) is 2.99. The number of alkyl carbamates (subject to hydrolysis) is 1. The molecule has 7 nitrogen and oxygen atoms in total. The molecular formula is C21H36N4O3. The van der Waals surface area contributed by atoms with Gasteiger partial charge in [0.25, 0.3) is 0 Å². The van der Waals surface area contributed by atoms with Gasteiger partial charge in [-0.1, -0.05) is 19.3 Å². The van der Waals surface area contributed by atoms with Crippen molar-refractivity contribution in [3.05, 3.63) is 0 Å². The highest BCUT2D eigenvalue weighted by atomic mass is 16.6. The molecule has 2 amide bonds. The first-order chi connectivity index (χ1) is 13.1. The number of nitrogens with zero attached hydrogens (tertiary/aromatic N) is 2. The molecule has 1 aliphatic carbocycles. The summed E-state index contributed by atoms with van der Waals surface area (Å²) in [6.07, 6.45) is 5.08. The van der Waals surface area contributed by atoms with Gasteiger partial charge in [0.15, 0.2) is 0 Å². The number of amides is 2. The molecule has 0 radical (unpaired) electrons. The SMILES string of the molecule is C[C@@H]1C[C@H](CNC(=O)OC(C)(C)C)CN1[C@@H](C)C(=O)NC1(C#N)CCCCC1. The second-order valence-corrected chi connectivity index (χ2v) is 9.45. The first kappa shape index (κ1) is 22.5. The molecule has 28 heavy (non-hydrogen) atoms. The van der Waals surface area contributed by atoms with Crippen LogP contribution in [-0.4, -0.2) is 53.2 Å². The predicted octanol–water partition coefficient (Wildman–Crippen LogP) is 2.95. The van der Waals surface area contributed by atoms with Crippen LogP contribution >= 0.6 is 0 Å². The first-order valence-corrected chi connectivity index (χ1v) is 10.5. The molecule has 0 spiro atoms. The molecule has 0 unspecified atom stereocenters. The lowest BCUT2D eigenvalue weighted by molar-refractivity contribution is -0.127. The van der Waals surface area contributed by atoms with Crippen LogP contribution in [0, 0.1) is 17.2 Å². The van der Waals surface area contributed by atoms with Crippen LogP contribution in [0.25, 0.3) is 0 Å². The van der Waals surface area contributed by atoms with Gasteiger partial charge >= 0.3 is 6.09 Å². The van der Waals surface area contributed by atoms with Gasteiger partial charge in [0.1, 0.15) is 11.1 Å². The first-order valence-electron chi connectivity index (χ1n) is 10.5. The normalized spacial score (nSPS) is 26.1. The van der Waals surface area contributed by atoms with Crippen LogP contribution in [0.1, 0.15) is 73.1 Å². The number of carbonyl (C=O) groups excluding carboxylic acids is 2. The Morgan fingerprint density at radius 2 is 1.93 bits per heavy atom. The quantitative estimate of drug-likeness (QED) is 0.750. The number of hydrogen-bond acceptors (Lipinski definition) is 5. The highest BCUT2D eigenvalue weighted by Gasteiger charge is 2.39. The Bertz CT molecular complexity index is 602. The average molecular weight is 393 g/mol. The molecule has 7 heteroatoms. The maximum atomic E-state index is 12.8. The summed E-state index contributed by atoms with van der Waals surface area (Å²) in [5.41, 5.74) is -1.22. The Hall–Kier alpha value is -1.81. The van der Waals surface area contributed by atoms with Crippen molar-refractivity contribution in [1.29, 1.82) is 5.26 Å². The summed E-state index contributed by atoms with van der Waals surface area (Å²) in [5, 5.41) is 15.5. The van der Waals surface area contributed by atoms with Crippen molar-refractivity contribution in [2.24, 2.45) is 5.92 Å². The van der Waals surface area contributed by atoms with E-state index in [-0.39, 0.29) is 23.9 Å². The Morgan fingerprint density at radius 3 is 2.50 bits per heavy atom. The number of ether oxygens (including phenoxy) is 1. The highest BCUT2D eigenvalue weighted by Crippen LogP contribution is 2.29. The van der Waals surface area contributed by atoms with E-state index in [4.69, 9.17) is 4.74 Å². The lowest BCUT2D eigenvalue weighted by Gasteiger charge is -2.35. The van der Waals surface area contributed by atoms with Crippen molar-refractivity contribution in [2.75, 3.05) is 13.1 Å². The molecule has 2 fully saturated rings. The Balaban J connectivity index is 1.86. The number of carbonyl (C=O) groups is 2. The molecular weight excluding hydrogens is 356 g/mol. The molecule has 2 aliphatic rings. The highest BCUT2D eigenvalue weighted by molar-refractivity contribution is 5.82. The second kappa shape index (κ2) is 9.13. The fourth-order valence-electron chi connectivity index (χ4n) is 4.31. The van der Waals surface area contributed by atoms with Gasteiger partial charge in [0.2, 0.25) is 5.91 Å². The smallest absolute Gasteiger partial charge is 0.407 e. The third-order valence-electron chi connectivity index (χ3n) is 5.80. The Labute approximate surface area is 169 Å². The van der Waals surface area contributed by atoms with E-state index in [0.29, 0.717) is 6.54 Å². The minimum absolute atomic E-state index is 0.0731. The maximum absolute atomic E-state index is 12.8. The zero-order chi connectivity index (χ0) is 20.9. The van der Waals surface area contributed by atoms with Crippen molar-refractivity contribution >= 4 is 12.0 Å². The van der Waals surface area contributed by atoms with Crippen LogP contribution in [0.5, 0.6) is 0 Å². The number of nitriles is 1. The van der Waals surface area contributed by atoms with Crippen LogP contribution in [0.15, 0.2) is 0 Å². The predicted molar refractivity (Wildman–Crippen MR) is 108 cm³/mol. The molecule has 2 rings (SSSR count). The fraction of sp³-hybridized carbons (Fsp3) is 0.857. The second-order valence-electron chi connectivity index (χ2n) is 9.45. The van der Waals surface area contributed by atoms with Gasteiger partial charge in [0, 0.05) is 19.1 Å². The molecule has 0 aromatic rings. The summed E-state index contributed by atoms with van der Waals surface area (Å²) >= 11 is 0. The van der Waals surface area contributed by atoms with Crippen LogP contribution in [0.4, 0.5) is 4.79 Å². The van der Waals surface area contributed by atoms with Crippen molar-refractivity contribution in [1.82, 2.24) is 15.5 Å². The van der Waals surface area contributed by atoms with Crippen molar-refractivity contribution in [2.45, 2.75) is 96.4 Å². The number of hydrogen-bond donors (Lipinski definition) is 2. The van der Waals surface area contributed by atoms with E-state index in [0.717, 1.165) is 45.1 Å². The maximum Gasteiger partial charge on any atom is 0.407 e. The van der Waals surface area contributed by atoms with E-state index in [9.17, 15) is 14.9 Å². The van der Waals surface area contributed by atoms with Crippen LogP contribution in [0.3, 0.4) is 0 Å². The zero-order valence-electron chi connectivity index (χ0n) is 18.0. The van der Waals surface area contributed by atoms with Crippen LogP contribution < -0.4 is 10.6 Å². The minimum Gasteiger partial charge on any atom is -0.444 e. The molecule has 1 saturated carbocycles. The standard InChI is InChI=1S/C21H36N4O3/c1-15-11-17(12-23-19(27)28-20(3,4)5)13-25(15)16(2)18(26)24-21(14-22)9-7-6-8-10-21/h15-17H,6-13H2,1-5H3,(H,23,27)(H,24,26)/t15-,16+,17-/m1/s1. The summed E-state index contributed by atoms with van der Waals surface area (Å²) in [5.74, 6) is 0.202. The number of nitrogens with one attached hydrogen (secondary N) is 2. The van der Waals surface area contributed by atoms with Gasteiger partial charge < -0.3 is 15.4 Å². The zero-order valence-corrected chi connectivity index (χ0v) is 18.0. The molecule has 0 aromatic carbocycles. The van der Waals surface area contributed by atoms with Crippen molar-refractivity contribution < 1.29 is 14.3 Å². The summed E-state index contributed by atoms with van der Waals surface area (Å²) < 4.78 is 5.29. The van der Waals surface area contributed by atoms with E-state index in [2.05, 4.69) is 28.5 Å². The van der Waals surface area contributed by atoms with Gasteiger partial charge in [-0.25, -0.2) is 4.79 Å². The van der Waals surface area contributed by atoms with Crippen LogP contribution in [0.2, 0.25) is 0 Å². The summed E-state index contributed by atoms with van der Waals surface area (Å²) in [4.78, 5) is 26.9. The van der Waals surface area contributed by atoms with Crippen LogP contribution in [-0.2, 0) is 9.53 Å². The van der Waals surface area contributed by atoms with Crippen molar-refractivity contribution in [3.63, 3.8) is 0 Å². The molecule has 3 atom stereocenters. The Kier molecular flexibility index (Phi) is 7.33. The van der Waals surface area contributed by atoms with E-state index in [1.807, 2.05) is 27.7 Å². The largest absolute Gasteiger partial charge is 0.444 e. The monoisotopic (exact) mass is 392 g/mol. The lowest BCUT2D eigenvalue weighted by Crippen LogP contribution is -2.55. The molecule has 1 aliphatic heterocycles. The van der Waals surface area contributed by atoms with E-state index in [1.165, 1.54) is 0 Å². The summed E-state index contributed by atoms with van der Waals surface area (Å²) in [7, 11) is 0. The number of rotatable bonds is 5. The molecule has 1 heterocycles. The molecule has 0 bridgehead atoms. The number of likely N-dealkylation sites (tertiary alicyclic amines) is 1. The third kappa shape index (κ3) is 6.10. The van der Waals surface area contributed by atoms with Gasteiger partial charge in [0.05, 0.1) is 12.1 Å². The Morgan fingerprint density at radius 1 is 1.29 bits per heavy atom. The van der Waals surface area contributed by atoms with Gasteiger partial charge in [-0.15, -0.1) is 0 Å². The van der Waals surface area contributed by atoms with Crippen molar-refractivity contribution in [3.8, 4) is 6.07 Å². The van der Waals surface area contributed by atoms with E-state index in [1.54, 1.807) is 0 Å². The summed E-state index contributed by atoms with van der Waals surface area (Å²) in [6.45, 7) is 10.8. The topological polar surface area (TPSA) is 94.5 Å². The third-order valence-corrected chi connectivity index (χ3v) is 5.80. The molecule has 158 valence electrons. The minimum atomic E-state index is -0.704.